The fourth-order valence-corrected chi connectivity index (χ4v) is 2.83. The van der Waals surface area contributed by atoms with Crippen molar-refractivity contribution in [1.29, 1.82) is 0 Å². The van der Waals surface area contributed by atoms with Crippen LogP contribution in [0.15, 0.2) is 54.6 Å². The lowest BCUT2D eigenvalue weighted by Crippen LogP contribution is -1.90. The first-order valence-electron chi connectivity index (χ1n) is 9.15. The summed E-state index contributed by atoms with van der Waals surface area (Å²) in [7, 11) is 0. The van der Waals surface area contributed by atoms with E-state index >= 15 is 0 Å². The van der Waals surface area contributed by atoms with Gasteiger partial charge in [-0.05, 0) is 47.9 Å². The second-order valence-electron chi connectivity index (χ2n) is 6.38. The Hall–Kier alpha value is -1.82. The van der Waals surface area contributed by atoms with E-state index in [1.54, 1.807) is 0 Å². The molecule has 2 rings (SSSR count). The predicted molar refractivity (Wildman–Crippen MR) is 103 cm³/mol. The molecule has 0 amide bonds. The molecule has 0 unspecified atom stereocenters. The van der Waals surface area contributed by atoms with Gasteiger partial charge in [0.15, 0.2) is 0 Å². The molecule has 0 nitrogen and oxygen atoms in total. The lowest BCUT2D eigenvalue weighted by atomic mass is 10.0. The molecular weight excluding hydrogens is 276 g/mol. The van der Waals surface area contributed by atoms with Crippen LogP contribution >= 0.6 is 0 Å². The maximum Gasteiger partial charge on any atom is -0.00258 e. The minimum absolute atomic E-state index is 1.02. The summed E-state index contributed by atoms with van der Waals surface area (Å²) in [5.74, 6) is 0. The molecule has 0 spiro atoms. The van der Waals surface area contributed by atoms with Crippen LogP contribution in [0, 0.1) is 0 Å². The topological polar surface area (TPSA) is 0 Å². The molecule has 0 aliphatic heterocycles. The number of allylic oxidation sites excluding steroid dienone is 1. The highest BCUT2D eigenvalue weighted by molar-refractivity contribution is 5.49. The molecule has 122 valence electrons. The minimum Gasteiger partial charge on any atom is -0.0839 e. The molecule has 0 heterocycles. The van der Waals surface area contributed by atoms with Crippen LogP contribution in [-0.2, 0) is 12.8 Å². The van der Waals surface area contributed by atoms with E-state index in [-0.39, 0.29) is 0 Å². The van der Waals surface area contributed by atoms with Gasteiger partial charge in [-0.1, -0.05) is 93.8 Å². The van der Waals surface area contributed by atoms with Gasteiger partial charge in [-0.25, -0.2) is 0 Å². The third-order valence-corrected chi connectivity index (χ3v) is 4.23. The largest absolute Gasteiger partial charge is 0.0839 e. The van der Waals surface area contributed by atoms with Gasteiger partial charge in [-0.15, -0.1) is 0 Å². The number of aryl methyl sites for hydroxylation is 1. The number of hydrogen-bond donors (Lipinski definition) is 0. The fourth-order valence-electron chi connectivity index (χ4n) is 2.83. The summed E-state index contributed by atoms with van der Waals surface area (Å²) in [4.78, 5) is 0. The van der Waals surface area contributed by atoms with Crippen LogP contribution in [-0.4, -0.2) is 0 Å². The van der Waals surface area contributed by atoms with Crippen molar-refractivity contribution >= 4 is 6.08 Å². The lowest BCUT2D eigenvalue weighted by molar-refractivity contribution is 0.730. The van der Waals surface area contributed by atoms with Crippen molar-refractivity contribution in [2.75, 3.05) is 0 Å². The standard InChI is InChI=1S/C23H30/c1-3-5-6-7-8-10-21-13-17-23(18-14-21)19-22-15-11-20(9-4-2)12-16-22/h8,10-18H,3-7,9,19H2,1-2H3. The highest BCUT2D eigenvalue weighted by Gasteiger charge is 1.98. The molecule has 0 heteroatoms. The molecule has 0 aromatic heterocycles. The van der Waals surface area contributed by atoms with Gasteiger partial charge >= 0.3 is 0 Å². The highest BCUT2D eigenvalue weighted by atomic mass is 14.0. The Bertz CT molecular complexity index is 572. The Labute approximate surface area is 142 Å². The summed E-state index contributed by atoms with van der Waals surface area (Å²) in [6.07, 6.45) is 13.1. The molecule has 0 aliphatic rings. The second-order valence-corrected chi connectivity index (χ2v) is 6.38. The summed E-state index contributed by atoms with van der Waals surface area (Å²) in [5.41, 5.74) is 5.53. The Morgan fingerprint density at radius 3 is 1.91 bits per heavy atom. The molecule has 0 bridgehead atoms. The molecular formula is C23H30. The first kappa shape index (κ1) is 17.5. The van der Waals surface area contributed by atoms with Crippen LogP contribution in [0.3, 0.4) is 0 Å². The maximum atomic E-state index is 2.30. The van der Waals surface area contributed by atoms with Crippen LogP contribution in [0.25, 0.3) is 6.08 Å². The van der Waals surface area contributed by atoms with Gasteiger partial charge in [0, 0.05) is 0 Å². The van der Waals surface area contributed by atoms with E-state index in [9.17, 15) is 0 Å². The zero-order valence-corrected chi connectivity index (χ0v) is 14.7. The normalized spacial score (nSPS) is 11.2. The van der Waals surface area contributed by atoms with Crippen LogP contribution in [0.2, 0.25) is 0 Å². The molecule has 2 aromatic rings. The van der Waals surface area contributed by atoms with Gasteiger partial charge in [-0.2, -0.15) is 0 Å². The van der Waals surface area contributed by atoms with E-state index in [4.69, 9.17) is 0 Å². The van der Waals surface area contributed by atoms with Crippen molar-refractivity contribution in [2.45, 2.75) is 58.8 Å². The van der Waals surface area contributed by atoms with Crippen molar-refractivity contribution in [3.8, 4) is 0 Å². The van der Waals surface area contributed by atoms with E-state index in [0.717, 1.165) is 6.42 Å². The Morgan fingerprint density at radius 1 is 0.696 bits per heavy atom. The summed E-state index contributed by atoms with van der Waals surface area (Å²) < 4.78 is 0. The molecule has 23 heavy (non-hydrogen) atoms. The average molecular weight is 306 g/mol. The molecule has 0 aliphatic carbocycles. The molecule has 0 N–H and O–H groups in total. The SMILES string of the molecule is CCCCCC=Cc1ccc(Cc2ccc(CCC)cc2)cc1. The summed E-state index contributed by atoms with van der Waals surface area (Å²) in [6, 6.07) is 18.1. The molecule has 0 radical (unpaired) electrons. The number of unbranched alkanes of at least 4 members (excludes halogenated alkanes) is 3. The van der Waals surface area contributed by atoms with E-state index < -0.39 is 0 Å². The van der Waals surface area contributed by atoms with Gasteiger partial charge in [-0.3, -0.25) is 0 Å². The lowest BCUT2D eigenvalue weighted by Gasteiger charge is -2.05. The number of rotatable bonds is 9. The van der Waals surface area contributed by atoms with Gasteiger partial charge in [0.05, 0.1) is 0 Å². The molecule has 0 saturated heterocycles. The molecule has 0 fully saturated rings. The molecule has 2 aromatic carbocycles. The van der Waals surface area contributed by atoms with Crippen molar-refractivity contribution in [3.05, 3.63) is 76.9 Å². The fraction of sp³-hybridized carbons (Fsp3) is 0.391. The molecule has 0 saturated carbocycles. The number of hydrogen-bond acceptors (Lipinski definition) is 0. The third-order valence-electron chi connectivity index (χ3n) is 4.23. The van der Waals surface area contributed by atoms with Crippen LogP contribution in [0.4, 0.5) is 0 Å². The average Bonchev–Trinajstić information content (AvgIpc) is 2.58. The van der Waals surface area contributed by atoms with Crippen molar-refractivity contribution in [1.82, 2.24) is 0 Å². The van der Waals surface area contributed by atoms with Gasteiger partial charge in [0.25, 0.3) is 0 Å². The maximum absolute atomic E-state index is 2.30. The van der Waals surface area contributed by atoms with Crippen molar-refractivity contribution in [3.63, 3.8) is 0 Å². The van der Waals surface area contributed by atoms with Crippen LogP contribution in [0.1, 0.15) is 68.2 Å². The monoisotopic (exact) mass is 306 g/mol. The van der Waals surface area contributed by atoms with Gasteiger partial charge in [0.1, 0.15) is 0 Å². The highest BCUT2D eigenvalue weighted by Crippen LogP contribution is 2.14. The predicted octanol–water partition coefficient (Wildman–Crippen LogP) is 6.82. The zero-order chi connectivity index (χ0) is 16.3. The third kappa shape index (κ3) is 6.44. The van der Waals surface area contributed by atoms with Gasteiger partial charge < -0.3 is 0 Å². The smallest absolute Gasteiger partial charge is 0.00258 e. The first-order chi connectivity index (χ1) is 11.3. The van der Waals surface area contributed by atoms with E-state index in [2.05, 4.69) is 74.5 Å². The summed E-state index contributed by atoms with van der Waals surface area (Å²) in [5, 5.41) is 0. The van der Waals surface area contributed by atoms with E-state index in [0.29, 0.717) is 0 Å². The summed E-state index contributed by atoms with van der Waals surface area (Å²) in [6.45, 7) is 4.48. The quantitative estimate of drug-likeness (QED) is 0.446. The van der Waals surface area contributed by atoms with E-state index in [1.807, 2.05) is 0 Å². The van der Waals surface area contributed by atoms with Crippen LogP contribution in [0.5, 0.6) is 0 Å². The first-order valence-corrected chi connectivity index (χ1v) is 9.15. The number of benzene rings is 2. The van der Waals surface area contributed by atoms with Crippen molar-refractivity contribution < 1.29 is 0 Å². The Morgan fingerprint density at radius 2 is 1.30 bits per heavy atom. The minimum atomic E-state index is 1.02. The van der Waals surface area contributed by atoms with Crippen LogP contribution < -0.4 is 0 Å². The second kappa shape index (κ2) is 10.0. The van der Waals surface area contributed by atoms with Gasteiger partial charge in [0.2, 0.25) is 0 Å². The zero-order valence-electron chi connectivity index (χ0n) is 14.7. The van der Waals surface area contributed by atoms with E-state index in [1.165, 1.54) is 60.8 Å². The summed E-state index contributed by atoms with van der Waals surface area (Å²) >= 11 is 0. The van der Waals surface area contributed by atoms with Crippen molar-refractivity contribution in [2.24, 2.45) is 0 Å². The Kier molecular flexibility index (Phi) is 7.66. The molecule has 0 atom stereocenters. The Balaban J connectivity index is 1.86.